The summed E-state index contributed by atoms with van der Waals surface area (Å²) < 4.78 is 48.5. The van der Waals surface area contributed by atoms with E-state index in [1.54, 1.807) is 0 Å². The van der Waals surface area contributed by atoms with Crippen LogP contribution < -0.4 is 10.6 Å². The second-order valence-corrected chi connectivity index (χ2v) is 6.11. The minimum atomic E-state index is -3.16. The van der Waals surface area contributed by atoms with Crippen LogP contribution in [0.2, 0.25) is 0 Å². The summed E-state index contributed by atoms with van der Waals surface area (Å²) in [6.45, 7) is 0.0450. The number of hydrogen-bond donors (Lipinski definition) is 1. The van der Waals surface area contributed by atoms with Crippen LogP contribution >= 0.6 is 0 Å². The highest BCUT2D eigenvalue weighted by Crippen LogP contribution is 2.27. The summed E-state index contributed by atoms with van der Waals surface area (Å²) in [4.78, 5) is 1.29. The summed E-state index contributed by atoms with van der Waals surface area (Å²) >= 11 is 0. The third-order valence-electron chi connectivity index (χ3n) is 2.28. The Bertz CT molecular complexity index is 517. The number of nitrogens with zero attached hydrogens (tertiary/aromatic N) is 1. The number of rotatable bonds is 4. The third-order valence-corrected chi connectivity index (χ3v) is 3.20. The van der Waals surface area contributed by atoms with E-state index in [9.17, 15) is 17.2 Å². The lowest BCUT2D eigenvalue weighted by Crippen LogP contribution is -2.26. The number of benzene rings is 1. The summed E-state index contributed by atoms with van der Waals surface area (Å²) in [5.74, 6) is -2.24. The Morgan fingerprint density at radius 1 is 1.35 bits per heavy atom. The van der Waals surface area contributed by atoms with Gasteiger partial charge in [0.1, 0.15) is 9.84 Å². The molecule has 1 aromatic rings. The predicted octanol–water partition coefficient (Wildman–Crippen LogP) is 1.03. The Morgan fingerprint density at radius 2 is 1.94 bits per heavy atom. The summed E-state index contributed by atoms with van der Waals surface area (Å²) in [7, 11) is -1.70. The first-order chi connectivity index (χ1) is 7.72. The fraction of sp³-hybridized carbons (Fsp3) is 0.400. The lowest BCUT2D eigenvalue weighted by Gasteiger charge is -2.21. The minimum absolute atomic E-state index is 0.0450. The maximum atomic E-state index is 13.5. The highest BCUT2D eigenvalue weighted by molar-refractivity contribution is 7.90. The fourth-order valence-corrected chi connectivity index (χ4v) is 1.96. The molecule has 0 saturated heterocycles. The van der Waals surface area contributed by atoms with Crippen LogP contribution in [0.4, 0.5) is 20.2 Å². The van der Waals surface area contributed by atoms with Crippen molar-refractivity contribution in [1.29, 1.82) is 0 Å². The molecule has 0 aromatic heterocycles. The first kappa shape index (κ1) is 13.7. The number of nitrogen functional groups attached to an aromatic ring is 1. The van der Waals surface area contributed by atoms with E-state index in [4.69, 9.17) is 5.73 Å². The van der Waals surface area contributed by atoms with Crippen molar-refractivity contribution in [2.75, 3.05) is 36.2 Å². The number of nitrogens with two attached hydrogens (primary N) is 1. The van der Waals surface area contributed by atoms with Crippen molar-refractivity contribution < 1.29 is 17.2 Å². The quantitative estimate of drug-likeness (QED) is 0.825. The van der Waals surface area contributed by atoms with Crippen LogP contribution in [0.1, 0.15) is 0 Å². The zero-order valence-electron chi connectivity index (χ0n) is 9.57. The van der Waals surface area contributed by atoms with Crippen LogP contribution in [0.25, 0.3) is 0 Å². The van der Waals surface area contributed by atoms with Gasteiger partial charge in [-0.3, -0.25) is 0 Å². The molecule has 17 heavy (non-hydrogen) atoms. The molecule has 0 radical (unpaired) electrons. The molecule has 96 valence electrons. The highest BCUT2D eigenvalue weighted by Gasteiger charge is 2.16. The molecule has 0 amide bonds. The lowest BCUT2D eigenvalue weighted by atomic mass is 10.2. The zero-order chi connectivity index (χ0) is 13.2. The maximum absolute atomic E-state index is 13.5. The summed E-state index contributed by atoms with van der Waals surface area (Å²) in [6, 6.07) is 2.17. The molecule has 0 spiro atoms. The Balaban J connectivity index is 2.96. The van der Waals surface area contributed by atoms with Gasteiger partial charge in [0.05, 0.1) is 17.1 Å². The van der Waals surface area contributed by atoms with Crippen LogP contribution in [-0.2, 0) is 9.84 Å². The van der Waals surface area contributed by atoms with E-state index in [0.29, 0.717) is 0 Å². The molecule has 0 atom stereocenters. The first-order valence-corrected chi connectivity index (χ1v) is 6.91. The van der Waals surface area contributed by atoms with Gasteiger partial charge < -0.3 is 10.6 Å². The Morgan fingerprint density at radius 3 is 2.47 bits per heavy atom. The largest absolute Gasteiger partial charge is 0.397 e. The molecule has 0 aliphatic carbocycles. The topological polar surface area (TPSA) is 63.4 Å². The summed E-state index contributed by atoms with van der Waals surface area (Å²) in [6.07, 6.45) is 1.08. The lowest BCUT2D eigenvalue weighted by molar-refractivity contribution is 0.508. The second kappa shape index (κ2) is 4.87. The van der Waals surface area contributed by atoms with Gasteiger partial charge in [0.2, 0.25) is 0 Å². The molecule has 1 aromatic carbocycles. The van der Waals surface area contributed by atoms with E-state index in [0.717, 1.165) is 12.3 Å². The zero-order valence-corrected chi connectivity index (χ0v) is 10.4. The van der Waals surface area contributed by atoms with Crippen molar-refractivity contribution in [2.45, 2.75) is 0 Å². The van der Waals surface area contributed by atoms with Crippen molar-refractivity contribution >= 4 is 21.2 Å². The number of hydrogen-bond acceptors (Lipinski definition) is 4. The maximum Gasteiger partial charge on any atom is 0.184 e. The van der Waals surface area contributed by atoms with E-state index in [-0.39, 0.29) is 23.7 Å². The molecule has 2 N–H and O–H groups in total. The molecule has 4 nitrogen and oxygen atoms in total. The van der Waals surface area contributed by atoms with E-state index >= 15 is 0 Å². The molecule has 0 unspecified atom stereocenters. The second-order valence-electron chi connectivity index (χ2n) is 3.85. The molecule has 0 heterocycles. The van der Waals surface area contributed by atoms with Crippen molar-refractivity contribution in [3.63, 3.8) is 0 Å². The van der Waals surface area contributed by atoms with Crippen LogP contribution in [0.3, 0.4) is 0 Å². The van der Waals surface area contributed by atoms with Crippen molar-refractivity contribution in [2.24, 2.45) is 0 Å². The highest BCUT2D eigenvalue weighted by atomic mass is 32.2. The molecular weight excluding hydrogens is 250 g/mol. The first-order valence-electron chi connectivity index (χ1n) is 4.84. The Hall–Kier alpha value is -1.37. The minimum Gasteiger partial charge on any atom is -0.397 e. The van der Waals surface area contributed by atoms with E-state index in [1.165, 1.54) is 18.0 Å². The van der Waals surface area contributed by atoms with Gasteiger partial charge in [0, 0.05) is 19.8 Å². The van der Waals surface area contributed by atoms with Gasteiger partial charge in [-0.05, 0) is 12.1 Å². The van der Waals surface area contributed by atoms with E-state index in [2.05, 4.69) is 0 Å². The van der Waals surface area contributed by atoms with Crippen molar-refractivity contribution in [1.82, 2.24) is 0 Å². The Kier molecular flexibility index (Phi) is 3.92. The molecule has 0 saturated carbocycles. The standard InChI is InChI=1S/C10H14F2N2O2S/c1-14(5-6-17(2,15)16)10-8(13)4-3-7(11)9(10)12/h3-4H,5-6,13H2,1-2H3. The fourth-order valence-electron chi connectivity index (χ4n) is 1.36. The SMILES string of the molecule is CN(CCS(C)(=O)=O)c1c(N)ccc(F)c1F. The van der Waals surface area contributed by atoms with Gasteiger partial charge >= 0.3 is 0 Å². The molecule has 0 bridgehead atoms. The smallest absolute Gasteiger partial charge is 0.184 e. The van der Waals surface area contributed by atoms with Crippen LogP contribution in [-0.4, -0.2) is 34.0 Å². The van der Waals surface area contributed by atoms with Crippen LogP contribution in [0, 0.1) is 11.6 Å². The number of anilines is 2. The van der Waals surface area contributed by atoms with Crippen molar-refractivity contribution in [3.8, 4) is 0 Å². The van der Waals surface area contributed by atoms with Gasteiger partial charge in [0.15, 0.2) is 11.6 Å². The third kappa shape index (κ3) is 3.55. The van der Waals surface area contributed by atoms with Crippen molar-refractivity contribution in [3.05, 3.63) is 23.8 Å². The predicted molar refractivity (Wildman–Crippen MR) is 63.8 cm³/mol. The van der Waals surface area contributed by atoms with Crippen LogP contribution in [0.5, 0.6) is 0 Å². The van der Waals surface area contributed by atoms with Gasteiger partial charge in [-0.25, -0.2) is 17.2 Å². The normalized spacial score (nSPS) is 11.5. The van der Waals surface area contributed by atoms with Gasteiger partial charge in [0.25, 0.3) is 0 Å². The molecule has 0 fully saturated rings. The van der Waals surface area contributed by atoms with Crippen LogP contribution in [0.15, 0.2) is 12.1 Å². The summed E-state index contributed by atoms with van der Waals surface area (Å²) in [5.41, 5.74) is 5.49. The Labute approximate surface area is 98.9 Å². The monoisotopic (exact) mass is 264 g/mol. The number of sulfone groups is 1. The molecule has 7 heteroatoms. The molecule has 0 aliphatic heterocycles. The van der Waals surface area contributed by atoms with Gasteiger partial charge in [-0.2, -0.15) is 0 Å². The molecular formula is C10H14F2N2O2S. The molecule has 1 rings (SSSR count). The molecule has 0 aliphatic rings. The van der Waals surface area contributed by atoms with Gasteiger partial charge in [-0.15, -0.1) is 0 Å². The number of halogens is 2. The van der Waals surface area contributed by atoms with E-state index in [1.807, 2.05) is 0 Å². The summed E-state index contributed by atoms with van der Waals surface area (Å²) in [5, 5.41) is 0. The van der Waals surface area contributed by atoms with E-state index < -0.39 is 21.5 Å². The average molecular weight is 264 g/mol. The average Bonchev–Trinajstić information content (AvgIpc) is 2.20. The van der Waals surface area contributed by atoms with Gasteiger partial charge in [-0.1, -0.05) is 0 Å².